The molecule has 0 aromatic heterocycles. The van der Waals surface area contributed by atoms with Crippen LogP contribution in [0.3, 0.4) is 0 Å². The van der Waals surface area contributed by atoms with Crippen molar-refractivity contribution in [1.82, 2.24) is 0 Å². The van der Waals surface area contributed by atoms with E-state index in [9.17, 15) is 25.3 Å². The molecule has 4 rings (SSSR count). The van der Waals surface area contributed by atoms with Crippen LogP contribution < -0.4 is 20.1 Å². The van der Waals surface area contributed by atoms with E-state index in [2.05, 4.69) is 33.9 Å². The Morgan fingerprint density at radius 3 is 1.09 bits per heavy atom. The van der Waals surface area contributed by atoms with Gasteiger partial charge in [0.1, 0.15) is 9.79 Å². The number of rotatable bonds is 28. The lowest BCUT2D eigenvalue weighted by molar-refractivity contribution is 0.581. The van der Waals surface area contributed by atoms with Gasteiger partial charge in [-0.2, -0.15) is 0 Å². The third-order valence-electron chi connectivity index (χ3n) is 9.85. The van der Waals surface area contributed by atoms with Gasteiger partial charge in [0.15, 0.2) is 0 Å². The largest absolute Gasteiger partial charge is 0.384 e. The van der Waals surface area contributed by atoms with Crippen LogP contribution in [0.1, 0.15) is 117 Å². The van der Waals surface area contributed by atoms with Crippen molar-refractivity contribution in [3.05, 3.63) is 97.1 Å². The Bertz CT molecular complexity index is 1980. The molecular weight excluding hydrogens is 777 g/mol. The van der Waals surface area contributed by atoms with Gasteiger partial charge in [-0.05, 0) is 73.5 Å². The molecule has 0 spiro atoms. The van der Waals surface area contributed by atoms with E-state index in [1.54, 1.807) is 60.7 Å². The van der Waals surface area contributed by atoms with Gasteiger partial charge < -0.3 is 10.6 Å². The smallest absolute Gasteiger partial charge is 0.263 e. The first-order valence-electron chi connectivity index (χ1n) is 20.6. The number of sulfone groups is 1. The molecule has 0 fully saturated rings. The second kappa shape index (κ2) is 23.4. The molecule has 0 unspecified atom stereocenters. The van der Waals surface area contributed by atoms with Crippen LogP contribution in [0.2, 0.25) is 0 Å². The average molecular weight is 839 g/mol. The molecule has 0 aliphatic heterocycles. The molecule has 0 bridgehead atoms. The minimum atomic E-state index is -4.41. The van der Waals surface area contributed by atoms with E-state index < -0.39 is 29.9 Å². The summed E-state index contributed by atoms with van der Waals surface area (Å²) >= 11 is 0. The van der Waals surface area contributed by atoms with E-state index in [0.29, 0.717) is 24.5 Å². The van der Waals surface area contributed by atoms with Crippen LogP contribution in [0.5, 0.6) is 0 Å². The molecule has 57 heavy (non-hydrogen) atoms. The van der Waals surface area contributed by atoms with Crippen LogP contribution in [0.25, 0.3) is 0 Å². The summed E-state index contributed by atoms with van der Waals surface area (Å²) in [6.45, 7) is 5.41. The molecule has 0 aliphatic rings. The Morgan fingerprint density at radius 2 is 0.737 bits per heavy atom. The summed E-state index contributed by atoms with van der Waals surface area (Å²) in [5.41, 5.74) is 1.21. The van der Waals surface area contributed by atoms with Crippen LogP contribution in [0.15, 0.2) is 117 Å². The predicted octanol–water partition coefficient (Wildman–Crippen LogP) is 11.2. The lowest BCUT2D eigenvalue weighted by Gasteiger charge is -2.17. The molecule has 0 atom stereocenters. The second-order valence-electron chi connectivity index (χ2n) is 14.6. The van der Waals surface area contributed by atoms with E-state index in [0.717, 1.165) is 63.5 Å². The molecule has 10 nitrogen and oxygen atoms in total. The molecule has 0 aliphatic carbocycles. The lowest BCUT2D eigenvalue weighted by Crippen LogP contribution is -2.18. The van der Waals surface area contributed by atoms with E-state index in [-0.39, 0.29) is 31.0 Å². The molecule has 4 aromatic carbocycles. The third kappa shape index (κ3) is 14.7. The molecule has 0 amide bonds. The minimum Gasteiger partial charge on any atom is -0.384 e. The van der Waals surface area contributed by atoms with Gasteiger partial charge in [-0.3, -0.25) is 9.44 Å². The summed E-state index contributed by atoms with van der Waals surface area (Å²) in [6, 6.07) is 24.7. The van der Waals surface area contributed by atoms with E-state index in [1.165, 1.54) is 75.6 Å². The van der Waals surface area contributed by atoms with Crippen LogP contribution in [-0.2, 0) is 29.9 Å². The van der Waals surface area contributed by atoms with Crippen molar-refractivity contribution in [3.8, 4) is 0 Å². The zero-order valence-electron chi connectivity index (χ0n) is 33.6. The molecule has 4 aromatic rings. The van der Waals surface area contributed by atoms with Crippen molar-refractivity contribution in [2.24, 2.45) is 0 Å². The fourth-order valence-electron chi connectivity index (χ4n) is 6.61. The van der Waals surface area contributed by atoms with Crippen LogP contribution in [-0.4, -0.2) is 38.3 Å². The van der Waals surface area contributed by atoms with E-state index in [4.69, 9.17) is 0 Å². The molecule has 0 radical (unpaired) electrons. The molecule has 0 saturated carbocycles. The Balaban J connectivity index is 1.61. The number of anilines is 4. The number of sulfonamides is 2. The fourth-order valence-corrected chi connectivity index (χ4v) is 10.6. The Hall–Kier alpha value is -4.07. The number of nitrogens with one attached hydrogen (secondary N) is 4. The van der Waals surface area contributed by atoms with Crippen molar-refractivity contribution in [1.29, 1.82) is 0 Å². The number of benzene rings is 4. The van der Waals surface area contributed by atoms with E-state index >= 15 is 0 Å². The van der Waals surface area contributed by atoms with Gasteiger partial charge in [0.25, 0.3) is 20.0 Å². The highest BCUT2D eigenvalue weighted by molar-refractivity contribution is 7.93. The molecule has 0 saturated heterocycles. The summed E-state index contributed by atoms with van der Waals surface area (Å²) in [7, 11) is -12.9. The summed E-state index contributed by atoms with van der Waals surface area (Å²) in [6.07, 6.45) is 17.9. The van der Waals surface area contributed by atoms with Crippen molar-refractivity contribution in [2.75, 3.05) is 33.2 Å². The highest BCUT2D eigenvalue weighted by Gasteiger charge is 2.28. The maximum atomic E-state index is 14.3. The molecule has 4 N–H and O–H groups in total. The summed E-state index contributed by atoms with van der Waals surface area (Å²) in [4.78, 5) is -1.02. The van der Waals surface area contributed by atoms with Gasteiger partial charge in [0.05, 0.1) is 21.2 Å². The Kier molecular flexibility index (Phi) is 18.7. The minimum absolute atomic E-state index is 0.228. The van der Waals surface area contributed by atoms with Gasteiger partial charge in [0.2, 0.25) is 9.84 Å². The quantitative estimate of drug-likeness (QED) is 0.0413. The summed E-state index contributed by atoms with van der Waals surface area (Å²) < 4.78 is 89.3. The van der Waals surface area contributed by atoms with Crippen LogP contribution >= 0.6 is 0 Å². The SMILES string of the molecule is CCCCCCCCCCNc1ccc(S(=O)(=O)c2ccc(NCCCCCCCCCC)c(S(=O)(=O)Nc3ccccc3)c2)cc1S(=O)(=O)Nc1ccccc1. The highest BCUT2D eigenvalue weighted by Crippen LogP contribution is 2.33. The number of para-hydroxylation sites is 2. The van der Waals surface area contributed by atoms with Crippen LogP contribution in [0, 0.1) is 0 Å². The summed E-state index contributed by atoms with van der Waals surface area (Å²) in [5, 5.41) is 6.46. The number of unbranched alkanes of at least 4 members (excludes halogenated alkanes) is 14. The van der Waals surface area contributed by atoms with Crippen molar-refractivity contribution in [3.63, 3.8) is 0 Å². The fraction of sp³-hybridized carbons (Fsp3) is 0.455. The highest BCUT2D eigenvalue weighted by atomic mass is 32.2. The predicted molar refractivity (Wildman–Crippen MR) is 235 cm³/mol. The first kappa shape index (κ1) is 45.6. The standard InChI is InChI=1S/C44H62N4O6S3/c1-3-5-7-9-11-13-15-23-33-45-41-31-29-39(35-43(41)56(51,52)47-37-25-19-17-20-26-37)55(49,50)40-30-32-42(46-34-24-16-14-12-10-8-6-4-2)44(36-40)57(53,54)48-38-27-21-18-22-28-38/h17-22,25-32,35-36,45-48H,3-16,23-24,33-34H2,1-2H3. The van der Waals surface area contributed by atoms with Gasteiger partial charge in [-0.25, -0.2) is 25.3 Å². The number of hydrogen-bond donors (Lipinski definition) is 4. The molecular formula is C44H62N4O6S3. The van der Waals surface area contributed by atoms with Gasteiger partial charge in [0, 0.05) is 24.5 Å². The monoisotopic (exact) mass is 838 g/mol. The number of hydrogen-bond acceptors (Lipinski definition) is 8. The van der Waals surface area contributed by atoms with Crippen molar-refractivity contribution < 1.29 is 25.3 Å². The lowest BCUT2D eigenvalue weighted by atomic mass is 10.1. The normalized spacial score (nSPS) is 12.0. The van der Waals surface area contributed by atoms with Gasteiger partial charge >= 0.3 is 0 Å². The second-order valence-corrected chi connectivity index (χ2v) is 19.8. The maximum Gasteiger partial charge on any atom is 0.263 e. The topological polar surface area (TPSA) is 151 Å². The molecule has 312 valence electrons. The average Bonchev–Trinajstić information content (AvgIpc) is 3.20. The Labute approximate surface area is 342 Å². The first-order chi connectivity index (χ1) is 27.5. The van der Waals surface area contributed by atoms with Crippen molar-refractivity contribution in [2.45, 2.75) is 136 Å². The third-order valence-corrected chi connectivity index (χ3v) is 14.4. The molecule has 13 heteroatoms. The van der Waals surface area contributed by atoms with Crippen LogP contribution in [0.4, 0.5) is 22.7 Å². The van der Waals surface area contributed by atoms with Gasteiger partial charge in [-0.1, -0.05) is 140 Å². The van der Waals surface area contributed by atoms with Gasteiger partial charge in [-0.15, -0.1) is 0 Å². The zero-order valence-corrected chi connectivity index (χ0v) is 36.1. The first-order valence-corrected chi connectivity index (χ1v) is 25.1. The summed E-state index contributed by atoms with van der Waals surface area (Å²) in [5.74, 6) is 0. The van der Waals surface area contributed by atoms with E-state index in [1.807, 2.05) is 0 Å². The maximum absolute atomic E-state index is 14.3. The Morgan fingerprint density at radius 1 is 0.404 bits per heavy atom. The molecule has 0 heterocycles. The zero-order chi connectivity index (χ0) is 41.0. The van der Waals surface area contributed by atoms with Crippen molar-refractivity contribution >= 4 is 52.6 Å².